The van der Waals surface area contributed by atoms with E-state index in [-0.39, 0.29) is 29.3 Å². The highest BCUT2D eigenvalue weighted by Crippen LogP contribution is 2.47. The molecule has 2 aliphatic heterocycles. The Morgan fingerprint density at radius 2 is 1.69 bits per heavy atom. The van der Waals surface area contributed by atoms with Gasteiger partial charge in [0.2, 0.25) is 5.91 Å². The van der Waals surface area contributed by atoms with Crippen molar-refractivity contribution in [3.8, 4) is 0 Å². The SMILES string of the molecule is Cc1cccc(C(=O)N2CCC(N[C@H](Cc3ccc(Cl)cc3)C(=O)N3CCC(Cn4cncn4)(C4CCCCC4)CC3)CC2)n1. The second-order valence-electron chi connectivity index (χ2n) is 13.4. The van der Waals surface area contributed by atoms with Crippen molar-refractivity contribution in [1.29, 1.82) is 0 Å². The molecule has 9 nitrogen and oxygen atoms in total. The van der Waals surface area contributed by atoms with Crippen LogP contribution < -0.4 is 5.32 Å². The van der Waals surface area contributed by atoms with Crippen LogP contribution in [0.2, 0.25) is 5.02 Å². The Labute approximate surface area is 271 Å². The fraction of sp³-hybridized carbons (Fsp3) is 0.571. The number of nitrogens with one attached hydrogen (secondary N) is 1. The fourth-order valence-electron chi connectivity index (χ4n) is 7.87. The van der Waals surface area contributed by atoms with Crippen LogP contribution in [0.1, 0.15) is 79.5 Å². The van der Waals surface area contributed by atoms with Crippen LogP contribution in [-0.4, -0.2) is 79.6 Å². The van der Waals surface area contributed by atoms with Crippen LogP contribution in [0.3, 0.4) is 0 Å². The quantitative estimate of drug-likeness (QED) is 0.343. The lowest BCUT2D eigenvalue weighted by Crippen LogP contribution is -2.56. The predicted molar refractivity (Wildman–Crippen MR) is 175 cm³/mol. The number of amides is 2. The largest absolute Gasteiger partial charge is 0.341 e. The van der Waals surface area contributed by atoms with Gasteiger partial charge >= 0.3 is 0 Å². The fourth-order valence-corrected chi connectivity index (χ4v) is 8.00. The van der Waals surface area contributed by atoms with Crippen molar-refractivity contribution in [2.45, 2.75) is 89.8 Å². The van der Waals surface area contributed by atoms with Gasteiger partial charge in [-0.2, -0.15) is 5.10 Å². The summed E-state index contributed by atoms with van der Waals surface area (Å²) in [4.78, 5) is 40.0. The highest BCUT2D eigenvalue weighted by atomic mass is 35.5. The van der Waals surface area contributed by atoms with Crippen molar-refractivity contribution in [2.75, 3.05) is 26.2 Å². The molecule has 2 aromatic heterocycles. The Morgan fingerprint density at radius 1 is 0.956 bits per heavy atom. The van der Waals surface area contributed by atoms with Crippen molar-refractivity contribution < 1.29 is 9.59 Å². The molecule has 4 heterocycles. The first-order chi connectivity index (χ1) is 21.9. The van der Waals surface area contributed by atoms with Crippen LogP contribution in [0.5, 0.6) is 0 Å². The number of aryl methyl sites for hydroxylation is 1. The zero-order chi connectivity index (χ0) is 31.2. The van der Waals surface area contributed by atoms with E-state index in [1.54, 1.807) is 12.4 Å². The van der Waals surface area contributed by atoms with Crippen LogP contribution in [0.25, 0.3) is 0 Å². The van der Waals surface area contributed by atoms with Gasteiger partial charge in [0, 0.05) is 49.5 Å². The van der Waals surface area contributed by atoms with Crippen molar-refractivity contribution >= 4 is 23.4 Å². The van der Waals surface area contributed by atoms with Gasteiger partial charge in [-0.05, 0) is 93.0 Å². The Morgan fingerprint density at radius 3 is 2.36 bits per heavy atom. The molecule has 1 aliphatic carbocycles. The van der Waals surface area contributed by atoms with Crippen LogP contribution in [0.4, 0.5) is 0 Å². The van der Waals surface area contributed by atoms with E-state index in [0.29, 0.717) is 36.1 Å². The van der Waals surface area contributed by atoms with Gasteiger partial charge < -0.3 is 15.1 Å². The molecule has 0 spiro atoms. The van der Waals surface area contributed by atoms with E-state index in [9.17, 15) is 9.59 Å². The molecule has 45 heavy (non-hydrogen) atoms. The molecule has 10 heteroatoms. The summed E-state index contributed by atoms with van der Waals surface area (Å²) in [5.74, 6) is 0.815. The predicted octanol–water partition coefficient (Wildman–Crippen LogP) is 5.33. The number of hydrogen-bond donors (Lipinski definition) is 1. The van der Waals surface area contributed by atoms with E-state index in [2.05, 4.69) is 25.3 Å². The van der Waals surface area contributed by atoms with E-state index in [4.69, 9.17) is 11.6 Å². The molecular weight excluding hydrogens is 586 g/mol. The number of aromatic nitrogens is 4. The Hall–Kier alpha value is -3.30. The summed E-state index contributed by atoms with van der Waals surface area (Å²) >= 11 is 6.18. The maximum Gasteiger partial charge on any atom is 0.272 e. The summed E-state index contributed by atoms with van der Waals surface area (Å²) in [7, 11) is 0. The summed E-state index contributed by atoms with van der Waals surface area (Å²) in [5.41, 5.74) is 2.57. The molecule has 1 N–H and O–H groups in total. The summed E-state index contributed by atoms with van der Waals surface area (Å²) < 4.78 is 2.00. The zero-order valence-corrected chi connectivity index (χ0v) is 27.2. The minimum Gasteiger partial charge on any atom is -0.341 e. The topological polar surface area (TPSA) is 96.2 Å². The molecule has 1 saturated carbocycles. The summed E-state index contributed by atoms with van der Waals surface area (Å²) in [6.45, 7) is 5.59. The number of halogens is 1. The maximum absolute atomic E-state index is 14.3. The van der Waals surface area contributed by atoms with Crippen molar-refractivity contribution in [3.63, 3.8) is 0 Å². The molecule has 0 unspecified atom stereocenters. The van der Waals surface area contributed by atoms with Gasteiger partial charge in [-0.3, -0.25) is 14.3 Å². The second kappa shape index (κ2) is 14.4. The first-order valence-electron chi connectivity index (χ1n) is 16.7. The van der Waals surface area contributed by atoms with Gasteiger partial charge in [-0.25, -0.2) is 9.97 Å². The lowest BCUT2D eigenvalue weighted by molar-refractivity contribution is -0.137. The molecule has 3 fully saturated rings. The van der Waals surface area contributed by atoms with Crippen LogP contribution in [0.15, 0.2) is 55.1 Å². The van der Waals surface area contributed by atoms with E-state index in [0.717, 1.165) is 56.6 Å². The summed E-state index contributed by atoms with van der Waals surface area (Å²) in [6, 6.07) is 13.2. The standard InChI is InChI=1S/C35H46ClN7O2/c1-26-6-5-9-31(39-26)33(44)41-18-14-30(15-19-41)40-32(22-27-10-12-29(36)13-11-27)34(45)42-20-16-35(17-21-42,23-43-25-37-24-38-43)28-7-3-2-4-8-28/h5-6,9-13,24-25,28,30,32,40H,2-4,7-8,14-23H2,1H3/t32-/m1/s1. The van der Waals surface area contributed by atoms with Gasteiger partial charge in [0.05, 0.1) is 6.04 Å². The first kappa shape index (κ1) is 31.7. The Kier molecular flexibility index (Phi) is 10.1. The van der Waals surface area contributed by atoms with Gasteiger partial charge in [0.25, 0.3) is 5.91 Å². The second-order valence-corrected chi connectivity index (χ2v) is 13.8. The molecular formula is C35H46ClN7O2. The van der Waals surface area contributed by atoms with E-state index in [1.165, 1.54) is 32.1 Å². The molecule has 2 saturated heterocycles. The van der Waals surface area contributed by atoms with Crippen LogP contribution >= 0.6 is 11.6 Å². The Bertz CT molecular complexity index is 1410. The van der Waals surface area contributed by atoms with E-state index < -0.39 is 0 Å². The molecule has 3 aliphatic rings. The van der Waals surface area contributed by atoms with Gasteiger partial charge in [-0.1, -0.05) is 49.1 Å². The molecule has 6 rings (SSSR count). The number of carbonyl (C=O) groups excluding carboxylic acids is 2. The third kappa shape index (κ3) is 7.75. The summed E-state index contributed by atoms with van der Waals surface area (Å²) in [5, 5.41) is 8.90. The number of piperidine rings is 2. The minimum atomic E-state index is -0.339. The van der Waals surface area contributed by atoms with E-state index >= 15 is 0 Å². The molecule has 1 aromatic carbocycles. The third-order valence-electron chi connectivity index (χ3n) is 10.5. The van der Waals surface area contributed by atoms with Gasteiger partial charge in [0.15, 0.2) is 0 Å². The first-order valence-corrected chi connectivity index (χ1v) is 17.1. The average Bonchev–Trinajstić information content (AvgIpc) is 3.59. The number of hydrogen-bond acceptors (Lipinski definition) is 6. The van der Waals surface area contributed by atoms with Crippen LogP contribution in [0, 0.1) is 18.3 Å². The molecule has 0 radical (unpaired) electrons. The lowest BCUT2D eigenvalue weighted by Gasteiger charge is -2.48. The number of benzene rings is 1. The van der Waals surface area contributed by atoms with Crippen LogP contribution in [-0.2, 0) is 17.8 Å². The van der Waals surface area contributed by atoms with Gasteiger partial charge in [-0.15, -0.1) is 0 Å². The normalized spacial score (nSPS) is 20.2. The molecule has 0 bridgehead atoms. The Balaban J connectivity index is 1.12. The van der Waals surface area contributed by atoms with E-state index in [1.807, 2.05) is 59.2 Å². The smallest absolute Gasteiger partial charge is 0.272 e. The van der Waals surface area contributed by atoms with Gasteiger partial charge in [0.1, 0.15) is 18.3 Å². The minimum absolute atomic E-state index is 0.0217. The third-order valence-corrected chi connectivity index (χ3v) is 10.7. The number of nitrogens with zero attached hydrogens (tertiary/aromatic N) is 6. The molecule has 2 amide bonds. The number of likely N-dealkylation sites (tertiary alicyclic amines) is 2. The lowest BCUT2D eigenvalue weighted by atomic mass is 9.63. The maximum atomic E-state index is 14.3. The molecule has 1 atom stereocenters. The van der Waals surface area contributed by atoms with Crippen molar-refractivity contribution in [1.82, 2.24) is 34.9 Å². The highest BCUT2D eigenvalue weighted by Gasteiger charge is 2.44. The number of rotatable bonds is 9. The highest BCUT2D eigenvalue weighted by molar-refractivity contribution is 6.30. The monoisotopic (exact) mass is 631 g/mol. The van der Waals surface area contributed by atoms with Crippen molar-refractivity contribution in [3.05, 3.63) is 77.1 Å². The molecule has 3 aromatic rings. The van der Waals surface area contributed by atoms with Crippen molar-refractivity contribution in [2.24, 2.45) is 11.3 Å². The summed E-state index contributed by atoms with van der Waals surface area (Å²) in [6.07, 6.45) is 14.1. The number of carbonyl (C=O) groups is 2. The average molecular weight is 632 g/mol. The molecule has 240 valence electrons. The zero-order valence-electron chi connectivity index (χ0n) is 26.4. The number of pyridine rings is 1.